The monoisotopic (exact) mass is 233 g/mol. The number of aryl methyl sites for hydroxylation is 1. The molecule has 0 radical (unpaired) electrons. The van der Waals surface area contributed by atoms with Gasteiger partial charge in [0.2, 0.25) is 0 Å². The predicted molar refractivity (Wildman–Crippen MR) is 70.9 cm³/mol. The molecule has 2 atom stereocenters. The van der Waals surface area contributed by atoms with E-state index in [0.29, 0.717) is 6.10 Å². The van der Waals surface area contributed by atoms with Gasteiger partial charge in [0, 0.05) is 12.6 Å². The molecule has 1 aliphatic rings. The lowest BCUT2D eigenvalue weighted by atomic mass is 10.1. The van der Waals surface area contributed by atoms with Gasteiger partial charge in [-0.15, -0.1) is 0 Å². The molecule has 17 heavy (non-hydrogen) atoms. The second-order valence-electron chi connectivity index (χ2n) is 4.95. The molecule has 1 fully saturated rings. The number of ether oxygens (including phenoxy) is 1. The van der Waals surface area contributed by atoms with Gasteiger partial charge in [-0.05, 0) is 44.1 Å². The molecule has 0 heterocycles. The molecule has 1 aromatic carbocycles. The first-order valence-electron chi connectivity index (χ1n) is 6.77. The van der Waals surface area contributed by atoms with Gasteiger partial charge in [0.1, 0.15) is 0 Å². The van der Waals surface area contributed by atoms with Gasteiger partial charge in [0.05, 0.1) is 6.10 Å². The first-order valence-corrected chi connectivity index (χ1v) is 6.77. The van der Waals surface area contributed by atoms with Crippen LogP contribution in [0, 0.1) is 0 Å². The summed E-state index contributed by atoms with van der Waals surface area (Å²) in [6.45, 7) is 0.866. The Morgan fingerprint density at radius 2 is 1.94 bits per heavy atom. The molecular formula is C15H23NO. The number of hydrogen-bond acceptors (Lipinski definition) is 2. The minimum Gasteiger partial charge on any atom is -0.377 e. The molecular weight excluding hydrogens is 210 g/mol. The Labute approximate surface area is 104 Å². The summed E-state index contributed by atoms with van der Waals surface area (Å²) in [5.74, 6) is 0. The average molecular weight is 233 g/mol. The summed E-state index contributed by atoms with van der Waals surface area (Å²) in [6.07, 6.45) is 7.33. The van der Waals surface area contributed by atoms with Crippen LogP contribution in [0.2, 0.25) is 0 Å². The van der Waals surface area contributed by atoms with Crippen molar-refractivity contribution in [2.75, 3.05) is 6.61 Å². The highest BCUT2D eigenvalue weighted by atomic mass is 16.5. The van der Waals surface area contributed by atoms with Crippen LogP contribution >= 0.6 is 0 Å². The zero-order chi connectivity index (χ0) is 11.9. The summed E-state index contributed by atoms with van der Waals surface area (Å²) in [5, 5.41) is 0. The fourth-order valence-electron chi connectivity index (χ4n) is 2.47. The largest absolute Gasteiger partial charge is 0.377 e. The number of benzene rings is 1. The van der Waals surface area contributed by atoms with E-state index in [1.54, 1.807) is 0 Å². The smallest absolute Gasteiger partial charge is 0.0725 e. The molecule has 0 aliphatic heterocycles. The number of rotatable bonds is 6. The molecule has 2 heteroatoms. The first kappa shape index (κ1) is 12.6. The first-order chi connectivity index (χ1) is 8.36. The van der Waals surface area contributed by atoms with Crippen molar-refractivity contribution in [3.8, 4) is 0 Å². The third-order valence-corrected chi connectivity index (χ3v) is 3.54. The number of unbranched alkanes of at least 4 members (excludes halogenated alkanes) is 1. The third-order valence-electron chi connectivity index (χ3n) is 3.54. The highest BCUT2D eigenvalue weighted by Crippen LogP contribution is 2.20. The Kier molecular flexibility index (Phi) is 5.02. The Morgan fingerprint density at radius 1 is 1.12 bits per heavy atom. The van der Waals surface area contributed by atoms with Crippen LogP contribution in [-0.2, 0) is 11.2 Å². The van der Waals surface area contributed by atoms with E-state index < -0.39 is 0 Å². The van der Waals surface area contributed by atoms with Gasteiger partial charge in [-0.2, -0.15) is 0 Å². The van der Waals surface area contributed by atoms with E-state index in [1.807, 2.05) is 0 Å². The van der Waals surface area contributed by atoms with E-state index in [4.69, 9.17) is 10.5 Å². The molecule has 2 rings (SSSR count). The third kappa shape index (κ3) is 4.14. The maximum absolute atomic E-state index is 5.96. The summed E-state index contributed by atoms with van der Waals surface area (Å²) in [5.41, 5.74) is 7.38. The molecule has 94 valence electrons. The second-order valence-corrected chi connectivity index (χ2v) is 4.95. The van der Waals surface area contributed by atoms with Crippen molar-refractivity contribution in [1.29, 1.82) is 0 Å². The second kappa shape index (κ2) is 6.77. The van der Waals surface area contributed by atoms with Gasteiger partial charge in [0.15, 0.2) is 0 Å². The normalized spacial score (nSPS) is 24.1. The van der Waals surface area contributed by atoms with Crippen molar-refractivity contribution in [3.63, 3.8) is 0 Å². The van der Waals surface area contributed by atoms with E-state index in [0.717, 1.165) is 32.3 Å². The van der Waals surface area contributed by atoms with Crippen LogP contribution in [-0.4, -0.2) is 18.8 Å². The molecule has 2 N–H and O–H groups in total. The lowest BCUT2D eigenvalue weighted by Crippen LogP contribution is -2.31. The summed E-state index contributed by atoms with van der Waals surface area (Å²) in [4.78, 5) is 0. The summed E-state index contributed by atoms with van der Waals surface area (Å²) in [6, 6.07) is 10.9. The van der Waals surface area contributed by atoms with Gasteiger partial charge in [-0.3, -0.25) is 0 Å². The minimum atomic E-state index is 0.282. The van der Waals surface area contributed by atoms with E-state index in [9.17, 15) is 0 Å². The summed E-state index contributed by atoms with van der Waals surface area (Å²) < 4.78 is 5.83. The standard InChI is InChI=1S/C15H23NO/c16-14-10-6-11-15(14)17-12-5-4-9-13-7-2-1-3-8-13/h1-3,7-8,14-15H,4-6,9-12,16H2. The van der Waals surface area contributed by atoms with E-state index >= 15 is 0 Å². The Hall–Kier alpha value is -0.860. The van der Waals surface area contributed by atoms with E-state index in [-0.39, 0.29) is 6.04 Å². The maximum Gasteiger partial charge on any atom is 0.0725 e. The van der Waals surface area contributed by atoms with E-state index in [2.05, 4.69) is 30.3 Å². The molecule has 0 saturated heterocycles. The molecule has 1 saturated carbocycles. The van der Waals surface area contributed by atoms with Crippen molar-refractivity contribution in [1.82, 2.24) is 0 Å². The fraction of sp³-hybridized carbons (Fsp3) is 0.600. The van der Waals surface area contributed by atoms with Crippen LogP contribution in [0.4, 0.5) is 0 Å². The van der Waals surface area contributed by atoms with Gasteiger partial charge in [-0.1, -0.05) is 30.3 Å². The summed E-state index contributed by atoms with van der Waals surface area (Å²) >= 11 is 0. The highest BCUT2D eigenvalue weighted by Gasteiger charge is 2.23. The van der Waals surface area contributed by atoms with Crippen molar-refractivity contribution in [2.24, 2.45) is 5.73 Å². The summed E-state index contributed by atoms with van der Waals surface area (Å²) in [7, 11) is 0. The lowest BCUT2D eigenvalue weighted by molar-refractivity contribution is 0.0458. The zero-order valence-corrected chi connectivity index (χ0v) is 10.5. The van der Waals surface area contributed by atoms with Crippen LogP contribution in [0.25, 0.3) is 0 Å². The van der Waals surface area contributed by atoms with Crippen molar-refractivity contribution in [3.05, 3.63) is 35.9 Å². The van der Waals surface area contributed by atoms with Gasteiger partial charge in [0.25, 0.3) is 0 Å². The molecule has 1 aliphatic carbocycles. The van der Waals surface area contributed by atoms with Gasteiger partial charge >= 0.3 is 0 Å². The average Bonchev–Trinajstić information content (AvgIpc) is 2.76. The Balaban J connectivity index is 1.55. The molecule has 0 aromatic heterocycles. The van der Waals surface area contributed by atoms with Crippen LogP contribution in [0.15, 0.2) is 30.3 Å². The highest BCUT2D eigenvalue weighted by molar-refractivity contribution is 5.14. The molecule has 0 bridgehead atoms. The van der Waals surface area contributed by atoms with Gasteiger partial charge in [-0.25, -0.2) is 0 Å². The van der Waals surface area contributed by atoms with Crippen LogP contribution in [0.3, 0.4) is 0 Å². The minimum absolute atomic E-state index is 0.282. The SMILES string of the molecule is NC1CCCC1OCCCCc1ccccc1. The number of hydrogen-bond donors (Lipinski definition) is 1. The van der Waals surface area contributed by atoms with Crippen LogP contribution in [0.1, 0.15) is 37.7 Å². The lowest BCUT2D eigenvalue weighted by Gasteiger charge is -2.16. The quantitative estimate of drug-likeness (QED) is 0.767. The molecule has 2 unspecified atom stereocenters. The molecule has 1 aromatic rings. The number of nitrogens with two attached hydrogens (primary N) is 1. The van der Waals surface area contributed by atoms with Crippen molar-refractivity contribution < 1.29 is 4.74 Å². The van der Waals surface area contributed by atoms with E-state index in [1.165, 1.54) is 18.4 Å². The van der Waals surface area contributed by atoms with Gasteiger partial charge < -0.3 is 10.5 Å². The van der Waals surface area contributed by atoms with Crippen LogP contribution in [0.5, 0.6) is 0 Å². The maximum atomic E-state index is 5.96. The van der Waals surface area contributed by atoms with Crippen molar-refractivity contribution in [2.45, 2.75) is 50.7 Å². The zero-order valence-electron chi connectivity index (χ0n) is 10.5. The van der Waals surface area contributed by atoms with Crippen molar-refractivity contribution >= 4 is 0 Å². The van der Waals surface area contributed by atoms with Crippen LogP contribution < -0.4 is 5.73 Å². The topological polar surface area (TPSA) is 35.2 Å². The molecule has 0 amide bonds. The fourth-order valence-corrected chi connectivity index (χ4v) is 2.47. The molecule has 0 spiro atoms. The molecule has 2 nitrogen and oxygen atoms in total. The Bertz CT molecular complexity index is 312. The predicted octanol–water partition coefficient (Wildman–Crippen LogP) is 2.91. The Morgan fingerprint density at radius 3 is 2.65 bits per heavy atom.